The van der Waals surface area contributed by atoms with Crippen LogP contribution < -0.4 is 0 Å². The molecule has 1 amide bonds. The number of amides is 1. The Hall–Kier alpha value is -1.07. The van der Waals surface area contributed by atoms with Crippen molar-refractivity contribution in [2.24, 2.45) is 7.05 Å². The molecule has 1 atom stereocenters. The fourth-order valence-corrected chi connectivity index (χ4v) is 2.43. The highest BCUT2D eigenvalue weighted by Crippen LogP contribution is 2.19. The molecule has 17 heavy (non-hydrogen) atoms. The van der Waals surface area contributed by atoms with Crippen molar-refractivity contribution >= 4 is 17.5 Å². The van der Waals surface area contributed by atoms with Crippen molar-refractivity contribution in [2.45, 2.75) is 12.5 Å². The van der Waals surface area contributed by atoms with Crippen molar-refractivity contribution in [1.29, 1.82) is 0 Å². The zero-order chi connectivity index (χ0) is 12.6. The van der Waals surface area contributed by atoms with Gasteiger partial charge in [-0.15, -0.1) is 0 Å². The van der Waals surface area contributed by atoms with E-state index in [1.165, 1.54) is 0 Å². The molecule has 94 valence electrons. The number of aromatic nitrogens is 2. The molecule has 5 nitrogen and oxygen atoms in total. The molecule has 6 heteroatoms. The molecule has 0 spiro atoms. The lowest BCUT2D eigenvalue weighted by molar-refractivity contribution is 0.0731. The minimum Gasteiger partial charge on any atom is -0.336 e. The zero-order valence-electron chi connectivity index (χ0n) is 10.4. The van der Waals surface area contributed by atoms with Crippen LogP contribution in [0.4, 0.5) is 0 Å². The van der Waals surface area contributed by atoms with Crippen LogP contribution in [0.25, 0.3) is 0 Å². The Kier molecular flexibility index (Phi) is 3.40. The van der Waals surface area contributed by atoms with E-state index < -0.39 is 0 Å². The first-order valence-corrected chi connectivity index (χ1v) is 6.01. The molecule has 1 aliphatic heterocycles. The Labute approximate surface area is 106 Å². The summed E-state index contributed by atoms with van der Waals surface area (Å²) in [6.45, 7) is 1.94. The summed E-state index contributed by atoms with van der Waals surface area (Å²) >= 11 is 5.98. The number of aryl methyl sites for hydroxylation is 1. The largest absolute Gasteiger partial charge is 0.336 e. The molecule has 0 saturated carbocycles. The molecule has 1 aromatic rings. The molecular formula is C11H17ClN4O. The first-order valence-electron chi connectivity index (χ1n) is 5.64. The average molecular weight is 257 g/mol. The van der Waals surface area contributed by atoms with Crippen LogP contribution in [0.3, 0.4) is 0 Å². The Balaban J connectivity index is 2.12. The van der Waals surface area contributed by atoms with Crippen LogP contribution in [0.5, 0.6) is 0 Å². The van der Waals surface area contributed by atoms with Crippen LogP contribution in [0.15, 0.2) is 6.20 Å². The van der Waals surface area contributed by atoms with Gasteiger partial charge in [0.05, 0.1) is 5.02 Å². The molecule has 1 aromatic heterocycles. The molecule has 0 unspecified atom stereocenters. The zero-order valence-corrected chi connectivity index (χ0v) is 11.1. The minimum absolute atomic E-state index is 0.101. The molecule has 0 bridgehead atoms. The van der Waals surface area contributed by atoms with Gasteiger partial charge in [0, 0.05) is 32.9 Å². The van der Waals surface area contributed by atoms with Crippen LogP contribution in [-0.4, -0.2) is 58.7 Å². The molecule has 2 rings (SSSR count). The van der Waals surface area contributed by atoms with Gasteiger partial charge in [0.1, 0.15) is 0 Å². The normalized spacial score (nSPS) is 20.8. The summed E-state index contributed by atoms with van der Waals surface area (Å²) in [6, 6.07) is 0.255. The molecule has 1 fully saturated rings. The Morgan fingerprint density at radius 1 is 1.59 bits per heavy atom. The van der Waals surface area contributed by atoms with Gasteiger partial charge >= 0.3 is 0 Å². The molecular weight excluding hydrogens is 240 g/mol. The Morgan fingerprint density at radius 3 is 2.76 bits per heavy atom. The number of hydrogen-bond donors (Lipinski definition) is 0. The van der Waals surface area contributed by atoms with E-state index in [0.717, 1.165) is 19.5 Å². The maximum absolute atomic E-state index is 12.2. The molecule has 0 N–H and O–H groups in total. The van der Waals surface area contributed by atoms with Gasteiger partial charge in [-0.1, -0.05) is 11.6 Å². The highest BCUT2D eigenvalue weighted by molar-refractivity contribution is 6.33. The number of likely N-dealkylation sites (N-methyl/N-ethyl adjacent to an activating group) is 2. The van der Waals surface area contributed by atoms with E-state index in [4.69, 9.17) is 11.6 Å². The molecule has 1 saturated heterocycles. The number of nitrogens with zero attached hydrogens (tertiary/aromatic N) is 4. The number of hydrogen-bond acceptors (Lipinski definition) is 3. The van der Waals surface area contributed by atoms with Gasteiger partial charge in [-0.2, -0.15) is 5.10 Å². The van der Waals surface area contributed by atoms with Crippen molar-refractivity contribution < 1.29 is 4.79 Å². The maximum Gasteiger partial charge on any atom is 0.275 e. The smallest absolute Gasteiger partial charge is 0.275 e. The third-order valence-electron chi connectivity index (χ3n) is 3.22. The first-order chi connectivity index (χ1) is 7.99. The van der Waals surface area contributed by atoms with E-state index >= 15 is 0 Å². The summed E-state index contributed by atoms with van der Waals surface area (Å²) in [7, 11) is 5.63. The minimum atomic E-state index is -0.101. The van der Waals surface area contributed by atoms with Crippen LogP contribution in [0, 0.1) is 0 Å². The quantitative estimate of drug-likeness (QED) is 0.788. The summed E-state index contributed by atoms with van der Waals surface area (Å²) in [4.78, 5) is 16.2. The third kappa shape index (κ3) is 2.45. The SMILES string of the molecule is CN1CC[C@@H](N(C)C(=O)c2nn(C)cc2Cl)C1. The predicted molar refractivity (Wildman–Crippen MR) is 66.2 cm³/mol. The van der Waals surface area contributed by atoms with Crippen LogP contribution in [-0.2, 0) is 7.05 Å². The summed E-state index contributed by atoms with van der Waals surface area (Å²) < 4.78 is 1.56. The Morgan fingerprint density at radius 2 is 2.29 bits per heavy atom. The lowest BCUT2D eigenvalue weighted by Crippen LogP contribution is -2.38. The van der Waals surface area contributed by atoms with Gasteiger partial charge in [-0.05, 0) is 20.0 Å². The molecule has 2 heterocycles. The Bertz CT molecular complexity index is 431. The number of likely N-dealkylation sites (tertiary alicyclic amines) is 1. The van der Waals surface area contributed by atoms with Crippen molar-refractivity contribution in [3.63, 3.8) is 0 Å². The fourth-order valence-electron chi connectivity index (χ4n) is 2.17. The summed E-state index contributed by atoms with van der Waals surface area (Å²) in [5, 5.41) is 4.51. The van der Waals surface area contributed by atoms with E-state index in [-0.39, 0.29) is 11.9 Å². The highest BCUT2D eigenvalue weighted by Gasteiger charge is 2.29. The molecule has 0 aromatic carbocycles. The second-order valence-corrected chi connectivity index (χ2v) is 5.03. The van der Waals surface area contributed by atoms with E-state index in [2.05, 4.69) is 17.0 Å². The summed E-state index contributed by atoms with van der Waals surface area (Å²) in [5.41, 5.74) is 0.339. The van der Waals surface area contributed by atoms with E-state index in [1.54, 1.807) is 22.8 Å². The monoisotopic (exact) mass is 256 g/mol. The van der Waals surface area contributed by atoms with Gasteiger partial charge in [0.2, 0.25) is 0 Å². The van der Waals surface area contributed by atoms with Gasteiger partial charge in [0.15, 0.2) is 5.69 Å². The van der Waals surface area contributed by atoms with Gasteiger partial charge < -0.3 is 9.80 Å². The average Bonchev–Trinajstić information content (AvgIpc) is 2.83. The maximum atomic E-state index is 12.2. The molecule has 0 aliphatic carbocycles. The summed E-state index contributed by atoms with van der Waals surface area (Å²) in [5.74, 6) is -0.101. The lowest BCUT2D eigenvalue weighted by atomic mass is 10.2. The molecule has 0 radical (unpaired) electrons. The second-order valence-electron chi connectivity index (χ2n) is 4.62. The standard InChI is InChI=1S/C11H17ClN4O/c1-14-5-4-8(6-14)16(3)11(17)10-9(12)7-15(2)13-10/h7-8H,4-6H2,1-3H3/t8-/m1/s1. The second kappa shape index (κ2) is 4.66. The van der Waals surface area contributed by atoms with Gasteiger partial charge in [0.25, 0.3) is 5.91 Å². The number of rotatable bonds is 2. The van der Waals surface area contributed by atoms with Crippen LogP contribution >= 0.6 is 11.6 Å². The van der Waals surface area contributed by atoms with Crippen LogP contribution in [0.2, 0.25) is 5.02 Å². The van der Waals surface area contributed by atoms with E-state index in [1.807, 2.05) is 7.05 Å². The lowest BCUT2D eigenvalue weighted by Gasteiger charge is -2.23. The van der Waals surface area contributed by atoms with Crippen LogP contribution in [0.1, 0.15) is 16.9 Å². The van der Waals surface area contributed by atoms with Crippen molar-refractivity contribution in [3.8, 4) is 0 Å². The fraction of sp³-hybridized carbons (Fsp3) is 0.636. The third-order valence-corrected chi connectivity index (χ3v) is 3.50. The topological polar surface area (TPSA) is 41.4 Å². The van der Waals surface area contributed by atoms with Gasteiger partial charge in [-0.25, -0.2) is 0 Å². The first kappa shape index (κ1) is 12.4. The van der Waals surface area contributed by atoms with Crippen molar-refractivity contribution in [1.82, 2.24) is 19.6 Å². The van der Waals surface area contributed by atoms with E-state index in [9.17, 15) is 4.79 Å². The predicted octanol–water partition coefficient (Wildman–Crippen LogP) is 0.850. The van der Waals surface area contributed by atoms with Crippen molar-refractivity contribution in [3.05, 3.63) is 16.9 Å². The van der Waals surface area contributed by atoms with Crippen molar-refractivity contribution in [2.75, 3.05) is 27.2 Å². The van der Waals surface area contributed by atoms with E-state index in [0.29, 0.717) is 10.7 Å². The number of carbonyl (C=O) groups is 1. The number of halogens is 1. The summed E-state index contributed by atoms with van der Waals surface area (Å²) in [6.07, 6.45) is 2.65. The number of carbonyl (C=O) groups excluding carboxylic acids is 1. The molecule has 1 aliphatic rings. The van der Waals surface area contributed by atoms with Gasteiger partial charge in [-0.3, -0.25) is 9.48 Å². The highest BCUT2D eigenvalue weighted by atomic mass is 35.5.